The molecule has 1 aliphatic heterocycles. The molecule has 1 aromatic heterocycles. The molecule has 1 saturated heterocycles. The molecule has 2 aromatic rings. The van der Waals surface area contributed by atoms with E-state index in [0.717, 1.165) is 11.0 Å². The molecule has 102 valence electrons. The molecule has 19 heavy (non-hydrogen) atoms. The smallest absolute Gasteiger partial charge is 0.304 e. The predicted octanol–water partition coefficient (Wildman–Crippen LogP) is 0.125. The molecule has 1 aromatic carbocycles. The van der Waals surface area contributed by atoms with Crippen LogP contribution in [0.15, 0.2) is 24.3 Å². The van der Waals surface area contributed by atoms with Crippen molar-refractivity contribution in [2.24, 2.45) is 0 Å². The molecular weight excluding hydrogens is 266 g/mol. The van der Waals surface area contributed by atoms with Gasteiger partial charge in [-0.3, -0.25) is 0 Å². The maximum atomic E-state index is 12.2. The Bertz CT molecular complexity index is 642. The molecule has 3 rings (SSSR count). The fourth-order valence-electron chi connectivity index (χ4n) is 2.07. The number of hydrogen-bond donors (Lipinski definition) is 3. The third-order valence-corrected chi connectivity index (χ3v) is 4.53. The molecule has 1 fully saturated rings. The zero-order valence-electron chi connectivity index (χ0n) is 10.3. The number of anilines is 1. The molecule has 0 bridgehead atoms. The summed E-state index contributed by atoms with van der Waals surface area (Å²) in [6, 6.07) is 7.41. The highest BCUT2D eigenvalue weighted by molar-refractivity contribution is 7.90. The fraction of sp³-hybridized carbons (Fsp3) is 0.364. The Kier molecular flexibility index (Phi) is 3.13. The molecule has 0 atom stereocenters. The largest absolute Gasteiger partial charge is 0.323 e. The Hall–Kier alpha value is -1.64. The van der Waals surface area contributed by atoms with Crippen LogP contribution in [-0.2, 0) is 10.2 Å². The highest BCUT2D eigenvalue weighted by Crippen LogP contribution is 2.15. The van der Waals surface area contributed by atoms with Crippen molar-refractivity contribution in [2.75, 3.05) is 30.9 Å². The maximum absolute atomic E-state index is 12.2. The number of aromatic amines is 1. The third kappa shape index (κ3) is 2.55. The number of aromatic nitrogens is 2. The first-order valence-electron chi connectivity index (χ1n) is 6.08. The number of fused-ring (bicyclic) bond motifs is 1. The van der Waals surface area contributed by atoms with Gasteiger partial charge in [0.1, 0.15) is 0 Å². The van der Waals surface area contributed by atoms with Crippen LogP contribution in [0.4, 0.5) is 5.95 Å². The lowest BCUT2D eigenvalue weighted by molar-refractivity contribution is 0.362. The predicted molar refractivity (Wildman–Crippen MR) is 73.1 cm³/mol. The summed E-state index contributed by atoms with van der Waals surface area (Å²) in [5.41, 5.74) is 1.54. The molecule has 2 heterocycles. The van der Waals surface area contributed by atoms with Crippen LogP contribution < -0.4 is 10.0 Å². The minimum atomic E-state index is -3.53. The summed E-state index contributed by atoms with van der Waals surface area (Å²) in [5.74, 6) is 0.250. The lowest BCUT2D eigenvalue weighted by atomic mass is 10.3. The number of imidazole rings is 1. The molecule has 1 aliphatic rings. The monoisotopic (exact) mass is 281 g/mol. The fourth-order valence-corrected chi connectivity index (χ4v) is 3.21. The van der Waals surface area contributed by atoms with Crippen LogP contribution in [-0.4, -0.2) is 48.9 Å². The number of nitrogens with zero attached hydrogens (tertiary/aromatic N) is 2. The van der Waals surface area contributed by atoms with E-state index in [9.17, 15) is 8.42 Å². The Morgan fingerprint density at radius 1 is 1.21 bits per heavy atom. The molecule has 0 saturated carbocycles. The van der Waals surface area contributed by atoms with E-state index in [1.807, 2.05) is 24.3 Å². The average molecular weight is 281 g/mol. The van der Waals surface area contributed by atoms with Crippen molar-refractivity contribution in [3.05, 3.63) is 24.3 Å². The van der Waals surface area contributed by atoms with Gasteiger partial charge in [-0.25, -0.2) is 9.71 Å². The van der Waals surface area contributed by atoms with Crippen molar-refractivity contribution in [1.29, 1.82) is 0 Å². The summed E-state index contributed by atoms with van der Waals surface area (Å²) in [7, 11) is -3.53. The van der Waals surface area contributed by atoms with Gasteiger partial charge in [0.05, 0.1) is 11.0 Å². The Labute approximate surface area is 111 Å². The van der Waals surface area contributed by atoms with Gasteiger partial charge >= 0.3 is 10.2 Å². The Morgan fingerprint density at radius 2 is 1.95 bits per heavy atom. The van der Waals surface area contributed by atoms with Crippen molar-refractivity contribution in [3.8, 4) is 0 Å². The van der Waals surface area contributed by atoms with E-state index in [1.165, 1.54) is 4.31 Å². The molecule has 7 nitrogen and oxygen atoms in total. The zero-order chi connectivity index (χ0) is 13.3. The van der Waals surface area contributed by atoms with Gasteiger partial charge in [0.25, 0.3) is 0 Å². The second-order valence-electron chi connectivity index (χ2n) is 4.36. The van der Waals surface area contributed by atoms with E-state index >= 15 is 0 Å². The third-order valence-electron chi connectivity index (χ3n) is 3.03. The summed E-state index contributed by atoms with van der Waals surface area (Å²) in [6.45, 7) is 2.27. The average Bonchev–Trinajstić information content (AvgIpc) is 2.81. The minimum Gasteiger partial charge on any atom is -0.323 e. The number of H-pyrrole nitrogens is 1. The van der Waals surface area contributed by atoms with Crippen LogP contribution >= 0.6 is 0 Å². The number of nitrogens with one attached hydrogen (secondary N) is 3. The van der Waals surface area contributed by atoms with Crippen molar-refractivity contribution in [3.63, 3.8) is 0 Å². The molecule has 0 spiro atoms. The van der Waals surface area contributed by atoms with Crippen LogP contribution in [0.5, 0.6) is 0 Å². The first kappa shape index (κ1) is 12.4. The molecule has 0 radical (unpaired) electrons. The lowest BCUT2D eigenvalue weighted by Crippen LogP contribution is -2.48. The van der Waals surface area contributed by atoms with E-state index in [1.54, 1.807) is 0 Å². The molecule has 0 aliphatic carbocycles. The summed E-state index contributed by atoms with van der Waals surface area (Å²) in [5, 5.41) is 3.11. The second kappa shape index (κ2) is 4.80. The van der Waals surface area contributed by atoms with Gasteiger partial charge in [0.15, 0.2) is 0 Å². The van der Waals surface area contributed by atoms with Gasteiger partial charge in [0, 0.05) is 26.2 Å². The summed E-state index contributed by atoms with van der Waals surface area (Å²) in [4.78, 5) is 7.15. The number of rotatable bonds is 3. The van der Waals surface area contributed by atoms with E-state index in [-0.39, 0.29) is 5.95 Å². The van der Waals surface area contributed by atoms with E-state index in [0.29, 0.717) is 26.2 Å². The van der Waals surface area contributed by atoms with Crippen LogP contribution in [0.25, 0.3) is 11.0 Å². The van der Waals surface area contributed by atoms with Gasteiger partial charge in [-0.2, -0.15) is 12.7 Å². The normalized spacial score (nSPS) is 17.7. The quantitative estimate of drug-likeness (QED) is 0.745. The Balaban J connectivity index is 1.83. The van der Waals surface area contributed by atoms with Crippen molar-refractivity contribution in [2.45, 2.75) is 0 Å². The first-order valence-corrected chi connectivity index (χ1v) is 7.52. The lowest BCUT2D eigenvalue weighted by Gasteiger charge is -2.26. The molecule has 0 unspecified atom stereocenters. The first-order chi connectivity index (χ1) is 9.15. The van der Waals surface area contributed by atoms with Crippen molar-refractivity contribution >= 4 is 27.2 Å². The molecule has 8 heteroatoms. The van der Waals surface area contributed by atoms with Crippen LogP contribution in [0.3, 0.4) is 0 Å². The number of piperazine rings is 1. The second-order valence-corrected chi connectivity index (χ2v) is 6.03. The van der Waals surface area contributed by atoms with Crippen LogP contribution in [0.2, 0.25) is 0 Å². The number of benzene rings is 1. The van der Waals surface area contributed by atoms with Gasteiger partial charge in [-0.05, 0) is 12.1 Å². The topological polar surface area (TPSA) is 90.1 Å². The van der Waals surface area contributed by atoms with E-state index < -0.39 is 10.2 Å². The van der Waals surface area contributed by atoms with E-state index in [2.05, 4.69) is 20.0 Å². The highest BCUT2D eigenvalue weighted by Gasteiger charge is 2.24. The summed E-state index contributed by atoms with van der Waals surface area (Å²) < 4.78 is 28.2. The van der Waals surface area contributed by atoms with Gasteiger partial charge in [0.2, 0.25) is 5.95 Å². The zero-order valence-corrected chi connectivity index (χ0v) is 11.1. The summed E-state index contributed by atoms with van der Waals surface area (Å²) >= 11 is 0. The molecule has 0 amide bonds. The van der Waals surface area contributed by atoms with Crippen molar-refractivity contribution < 1.29 is 8.42 Å². The maximum Gasteiger partial charge on any atom is 0.304 e. The SMILES string of the molecule is O=S(=O)(Nc1nc2ccccc2[nH]1)N1CCNCC1. The van der Waals surface area contributed by atoms with Crippen LogP contribution in [0.1, 0.15) is 0 Å². The van der Waals surface area contributed by atoms with Gasteiger partial charge in [-0.15, -0.1) is 0 Å². The van der Waals surface area contributed by atoms with Gasteiger partial charge < -0.3 is 10.3 Å². The van der Waals surface area contributed by atoms with Crippen LogP contribution in [0, 0.1) is 0 Å². The summed E-state index contributed by atoms with van der Waals surface area (Å²) in [6.07, 6.45) is 0. The Morgan fingerprint density at radius 3 is 2.68 bits per heavy atom. The molecule has 3 N–H and O–H groups in total. The van der Waals surface area contributed by atoms with E-state index in [4.69, 9.17) is 0 Å². The standard InChI is InChI=1S/C11H15N5O2S/c17-19(18,16-7-5-12-6-8-16)15-11-13-9-3-1-2-4-10(9)14-11/h1-4,12H,5-8H2,(H2,13,14,15). The van der Waals surface area contributed by atoms with Crippen molar-refractivity contribution in [1.82, 2.24) is 19.6 Å². The highest BCUT2D eigenvalue weighted by atomic mass is 32.2. The number of hydrogen-bond acceptors (Lipinski definition) is 4. The minimum absolute atomic E-state index is 0.250. The number of para-hydroxylation sites is 2. The molecular formula is C11H15N5O2S. The van der Waals surface area contributed by atoms with Gasteiger partial charge in [-0.1, -0.05) is 12.1 Å².